The molecular weight excluding hydrogens is 276 g/mol. The number of hydrogen-bond donors (Lipinski definition) is 1. The monoisotopic (exact) mass is 300 g/mol. The first-order valence-electron chi connectivity index (χ1n) is 5.54. The lowest BCUT2D eigenvalue weighted by Crippen LogP contribution is -2.07. The van der Waals surface area contributed by atoms with Crippen molar-refractivity contribution in [2.75, 3.05) is 13.7 Å². The summed E-state index contributed by atoms with van der Waals surface area (Å²) in [6.45, 7) is 2.07. The van der Waals surface area contributed by atoms with Crippen LogP contribution in [0, 0.1) is 0 Å². The first-order chi connectivity index (χ1) is 9.10. The summed E-state index contributed by atoms with van der Waals surface area (Å²) < 4.78 is 9.50. The molecule has 0 bridgehead atoms. The molecule has 0 amide bonds. The van der Waals surface area contributed by atoms with Gasteiger partial charge in [-0.3, -0.25) is 4.79 Å². The Kier molecular flexibility index (Phi) is 15.9. The molecule has 0 heterocycles. The highest BCUT2D eigenvalue weighted by Crippen LogP contribution is 2.07. The maximum Gasteiger partial charge on any atom is 0.338 e. The summed E-state index contributed by atoms with van der Waals surface area (Å²) in [5, 5.41) is 6.89. The van der Waals surface area contributed by atoms with Gasteiger partial charge in [-0.15, -0.1) is 0 Å². The highest BCUT2D eigenvalue weighted by molar-refractivity contribution is 5.93. The summed E-state index contributed by atoms with van der Waals surface area (Å²) in [4.78, 5) is 30.9. The molecule has 1 aromatic carbocycles. The molecule has 0 aliphatic rings. The van der Waals surface area contributed by atoms with E-state index in [0.29, 0.717) is 17.7 Å². The third-order valence-corrected chi connectivity index (χ3v) is 1.98. The second-order valence-electron chi connectivity index (χ2n) is 3.31. The van der Waals surface area contributed by atoms with Gasteiger partial charge in [-0.05, 0) is 30.7 Å². The molecule has 0 aromatic heterocycles. The molecular formula is C15H24O6. The van der Waals surface area contributed by atoms with E-state index in [2.05, 4.69) is 4.74 Å². The number of benzene rings is 1. The minimum absolute atomic E-state index is 0. The summed E-state index contributed by atoms with van der Waals surface area (Å²) in [5.74, 6) is -0.799. The van der Waals surface area contributed by atoms with Crippen molar-refractivity contribution < 1.29 is 29.0 Å². The quantitative estimate of drug-likeness (QED) is 0.679. The SMILES string of the molecule is C.C.CCCOC(=O)c1ccc(C(=O)OC)cc1.O=CO. The van der Waals surface area contributed by atoms with Crippen molar-refractivity contribution in [3.8, 4) is 0 Å². The van der Waals surface area contributed by atoms with E-state index >= 15 is 0 Å². The number of carbonyl (C=O) groups is 3. The number of hydrogen-bond acceptors (Lipinski definition) is 5. The maximum absolute atomic E-state index is 11.4. The van der Waals surface area contributed by atoms with Gasteiger partial charge in [-0.25, -0.2) is 9.59 Å². The van der Waals surface area contributed by atoms with Crippen molar-refractivity contribution in [1.29, 1.82) is 0 Å². The first kappa shape index (κ1) is 23.7. The summed E-state index contributed by atoms with van der Waals surface area (Å²) in [5.41, 5.74) is 0.843. The second kappa shape index (κ2) is 14.0. The fourth-order valence-corrected chi connectivity index (χ4v) is 1.14. The minimum Gasteiger partial charge on any atom is -0.483 e. The average Bonchev–Trinajstić information content (AvgIpc) is 2.45. The lowest BCUT2D eigenvalue weighted by atomic mass is 10.1. The third kappa shape index (κ3) is 9.21. The Morgan fingerprint density at radius 3 is 1.81 bits per heavy atom. The van der Waals surface area contributed by atoms with E-state index in [-0.39, 0.29) is 27.3 Å². The predicted octanol–water partition coefficient (Wildman–Crippen LogP) is 3.01. The third-order valence-electron chi connectivity index (χ3n) is 1.98. The van der Waals surface area contributed by atoms with Crippen LogP contribution < -0.4 is 0 Å². The van der Waals surface area contributed by atoms with Gasteiger partial charge in [0.05, 0.1) is 24.8 Å². The van der Waals surface area contributed by atoms with Gasteiger partial charge in [0.25, 0.3) is 6.47 Å². The van der Waals surface area contributed by atoms with Gasteiger partial charge in [0, 0.05) is 0 Å². The molecule has 120 valence electrons. The number of methoxy groups -OCH3 is 1. The summed E-state index contributed by atoms with van der Waals surface area (Å²) >= 11 is 0. The number of carbonyl (C=O) groups excluding carboxylic acids is 2. The predicted molar refractivity (Wildman–Crippen MR) is 80.5 cm³/mol. The Morgan fingerprint density at radius 1 is 1.10 bits per heavy atom. The molecule has 1 N–H and O–H groups in total. The van der Waals surface area contributed by atoms with Crippen molar-refractivity contribution in [1.82, 2.24) is 0 Å². The van der Waals surface area contributed by atoms with Crippen LogP contribution in [0.2, 0.25) is 0 Å². The van der Waals surface area contributed by atoms with Gasteiger partial charge < -0.3 is 14.6 Å². The molecule has 0 radical (unpaired) electrons. The van der Waals surface area contributed by atoms with Crippen LogP contribution in [0.3, 0.4) is 0 Å². The smallest absolute Gasteiger partial charge is 0.338 e. The van der Waals surface area contributed by atoms with Crippen molar-refractivity contribution in [2.45, 2.75) is 28.2 Å². The molecule has 0 saturated heterocycles. The largest absolute Gasteiger partial charge is 0.483 e. The van der Waals surface area contributed by atoms with Crippen LogP contribution in [0.25, 0.3) is 0 Å². The summed E-state index contributed by atoms with van der Waals surface area (Å²) in [6, 6.07) is 6.16. The van der Waals surface area contributed by atoms with E-state index in [1.165, 1.54) is 19.2 Å². The van der Waals surface area contributed by atoms with Crippen molar-refractivity contribution in [3.05, 3.63) is 35.4 Å². The Labute approximate surface area is 125 Å². The van der Waals surface area contributed by atoms with Gasteiger partial charge in [-0.2, -0.15) is 0 Å². The van der Waals surface area contributed by atoms with Crippen molar-refractivity contribution in [2.24, 2.45) is 0 Å². The lowest BCUT2D eigenvalue weighted by Gasteiger charge is -2.03. The first-order valence-corrected chi connectivity index (χ1v) is 5.54. The number of esters is 2. The van der Waals surface area contributed by atoms with Gasteiger partial charge >= 0.3 is 11.9 Å². The molecule has 0 unspecified atom stereocenters. The lowest BCUT2D eigenvalue weighted by molar-refractivity contribution is -0.122. The van der Waals surface area contributed by atoms with Crippen LogP contribution in [0.5, 0.6) is 0 Å². The van der Waals surface area contributed by atoms with Crippen molar-refractivity contribution in [3.63, 3.8) is 0 Å². The molecule has 1 rings (SSSR count). The van der Waals surface area contributed by atoms with Crippen LogP contribution in [0.15, 0.2) is 24.3 Å². The summed E-state index contributed by atoms with van der Waals surface area (Å²) in [6.07, 6.45) is 0.784. The fourth-order valence-electron chi connectivity index (χ4n) is 1.14. The van der Waals surface area contributed by atoms with E-state index in [9.17, 15) is 9.59 Å². The molecule has 0 saturated carbocycles. The normalized spacial score (nSPS) is 7.90. The van der Waals surface area contributed by atoms with Crippen LogP contribution in [0.4, 0.5) is 0 Å². The molecule has 0 fully saturated rings. The van der Waals surface area contributed by atoms with Crippen LogP contribution in [0.1, 0.15) is 48.9 Å². The zero-order valence-corrected chi connectivity index (χ0v) is 10.8. The standard InChI is InChI=1S/C12H14O4.CH2O2.2CH4/c1-3-8-16-12(14)10-6-4-9(5-7-10)11(13)15-2;2-1-3;;/h4-7H,3,8H2,1-2H3;1H,(H,2,3);2*1H4. The number of ether oxygens (including phenoxy) is 2. The van der Waals surface area contributed by atoms with Gasteiger partial charge in [0.1, 0.15) is 0 Å². The average molecular weight is 300 g/mol. The van der Waals surface area contributed by atoms with Crippen LogP contribution in [-0.2, 0) is 14.3 Å². The van der Waals surface area contributed by atoms with Gasteiger partial charge in [0.15, 0.2) is 0 Å². The highest BCUT2D eigenvalue weighted by Gasteiger charge is 2.09. The van der Waals surface area contributed by atoms with Crippen molar-refractivity contribution >= 4 is 18.4 Å². The Hall–Kier alpha value is -2.37. The van der Waals surface area contributed by atoms with E-state index in [1.54, 1.807) is 12.1 Å². The van der Waals surface area contributed by atoms with Gasteiger partial charge in [-0.1, -0.05) is 21.8 Å². The van der Waals surface area contributed by atoms with E-state index in [4.69, 9.17) is 14.6 Å². The molecule has 0 atom stereocenters. The Morgan fingerprint density at radius 2 is 1.48 bits per heavy atom. The highest BCUT2D eigenvalue weighted by atomic mass is 16.5. The van der Waals surface area contributed by atoms with Crippen LogP contribution in [-0.4, -0.2) is 37.2 Å². The molecule has 6 nitrogen and oxygen atoms in total. The topological polar surface area (TPSA) is 89.9 Å². The van der Waals surface area contributed by atoms with E-state index in [0.717, 1.165) is 6.42 Å². The zero-order chi connectivity index (χ0) is 14.7. The molecule has 0 spiro atoms. The maximum atomic E-state index is 11.4. The molecule has 6 heteroatoms. The second-order valence-corrected chi connectivity index (χ2v) is 3.31. The molecule has 21 heavy (non-hydrogen) atoms. The summed E-state index contributed by atoms with van der Waals surface area (Å²) in [7, 11) is 1.31. The Bertz CT molecular complexity index is 411. The van der Waals surface area contributed by atoms with Gasteiger partial charge in [0.2, 0.25) is 0 Å². The van der Waals surface area contributed by atoms with E-state index in [1.807, 2.05) is 6.92 Å². The van der Waals surface area contributed by atoms with E-state index < -0.39 is 5.97 Å². The molecule has 0 aliphatic heterocycles. The number of carboxylic acid groups (broad SMARTS) is 1. The molecule has 0 aliphatic carbocycles. The van der Waals surface area contributed by atoms with Crippen LogP contribution >= 0.6 is 0 Å². The number of rotatable bonds is 4. The Balaban J connectivity index is -0.000000596. The zero-order valence-electron chi connectivity index (χ0n) is 10.8. The molecule has 1 aromatic rings. The fraction of sp³-hybridized carbons (Fsp3) is 0.400. The minimum atomic E-state index is -0.423.